The fraction of sp³-hybridized carbons (Fsp3) is 0.562. The molecule has 1 spiro atoms. The highest BCUT2D eigenvalue weighted by atomic mass is 79.9. The highest BCUT2D eigenvalue weighted by Gasteiger charge is 2.41. The molecule has 2 aliphatic rings. The molecule has 1 aromatic carbocycles. The van der Waals surface area contributed by atoms with Gasteiger partial charge in [0, 0.05) is 11.0 Å². The summed E-state index contributed by atoms with van der Waals surface area (Å²) in [6.07, 6.45) is 7.67. The Labute approximate surface area is 128 Å². The third kappa shape index (κ3) is 2.84. The van der Waals surface area contributed by atoms with Crippen molar-refractivity contribution in [3.05, 3.63) is 28.2 Å². The zero-order valence-electron chi connectivity index (χ0n) is 11.5. The second-order valence-corrected chi connectivity index (χ2v) is 6.77. The van der Waals surface area contributed by atoms with E-state index < -0.39 is 0 Å². The molecule has 3 rings (SSSR count). The van der Waals surface area contributed by atoms with E-state index in [-0.39, 0.29) is 11.7 Å². The van der Waals surface area contributed by atoms with Crippen LogP contribution in [-0.2, 0) is 4.74 Å². The van der Waals surface area contributed by atoms with Crippen LogP contribution in [0.5, 0.6) is 0 Å². The van der Waals surface area contributed by atoms with Gasteiger partial charge in [-0.15, -0.1) is 0 Å². The summed E-state index contributed by atoms with van der Waals surface area (Å²) < 4.78 is 7.26. The Morgan fingerprint density at radius 2 is 2.15 bits per heavy atom. The number of nitrogens with one attached hydrogen (secondary N) is 1. The minimum atomic E-state index is 0.182. The Morgan fingerprint density at radius 3 is 2.90 bits per heavy atom. The Hall–Kier alpha value is -1.05. The number of ether oxygens (including phenoxy) is 1. The maximum absolute atomic E-state index is 9.13. The number of anilines is 1. The van der Waals surface area contributed by atoms with E-state index in [4.69, 9.17) is 10.00 Å². The molecule has 1 atom stereocenters. The molecule has 0 aromatic heterocycles. The lowest BCUT2D eigenvalue weighted by molar-refractivity contribution is -0.0307. The van der Waals surface area contributed by atoms with E-state index in [1.807, 2.05) is 18.2 Å². The lowest BCUT2D eigenvalue weighted by Gasteiger charge is -2.24. The van der Waals surface area contributed by atoms with E-state index in [9.17, 15) is 0 Å². The highest BCUT2D eigenvalue weighted by molar-refractivity contribution is 9.10. The van der Waals surface area contributed by atoms with Crippen LogP contribution < -0.4 is 5.32 Å². The minimum Gasteiger partial charge on any atom is -0.381 e. The number of nitriles is 1. The van der Waals surface area contributed by atoms with Crippen molar-refractivity contribution in [2.45, 2.75) is 50.2 Å². The molecule has 1 aromatic rings. The Balaban J connectivity index is 1.60. The van der Waals surface area contributed by atoms with Crippen molar-refractivity contribution in [2.75, 3.05) is 11.9 Å². The Morgan fingerprint density at radius 1 is 1.35 bits per heavy atom. The van der Waals surface area contributed by atoms with E-state index in [1.165, 1.54) is 32.1 Å². The Kier molecular flexibility index (Phi) is 4.00. The summed E-state index contributed by atoms with van der Waals surface area (Å²) in [6, 6.07) is 7.91. The normalized spacial score (nSPS) is 23.9. The van der Waals surface area contributed by atoms with Gasteiger partial charge in [-0.3, -0.25) is 0 Å². The van der Waals surface area contributed by atoms with Crippen molar-refractivity contribution in [1.82, 2.24) is 0 Å². The van der Waals surface area contributed by atoms with Gasteiger partial charge in [-0.1, -0.05) is 28.8 Å². The molecule has 1 heterocycles. The molecule has 106 valence electrons. The van der Waals surface area contributed by atoms with Gasteiger partial charge in [-0.2, -0.15) is 5.26 Å². The second kappa shape index (κ2) is 5.75. The van der Waals surface area contributed by atoms with Crippen molar-refractivity contribution < 1.29 is 4.74 Å². The largest absolute Gasteiger partial charge is 0.381 e. The molecule has 3 nitrogen and oxygen atoms in total. The first-order valence-corrected chi connectivity index (χ1v) is 8.11. The van der Waals surface area contributed by atoms with Crippen molar-refractivity contribution in [1.29, 1.82) is 5.26 Å². The second-order valence-electron chi connectivity index (χ2n) is 5.85. The van der Waals surface area contributed by atoms with Gasteiger partial charge in [0.25, 0.3) is 0 Å². The fourth-order valence-electron chi connectivity index (χ4n) is 3.41. The van der Waals surface area contributed by atoms with E-state index in [0.29, 0.717) is 5.56 Å². The quantitative estimate of drug-likeness (QED) is 0.899. The summed E-state index contributed by atoms with van der Waals surface area (Å²) in [4.78, 5) is 0. The third-order valence-corrected chi connectivity index (χ3v) is 4.97. The van der Waals surface area contributed by atoms with E-state index >= 15 is 0 Å². The maximum Gasteiger partial charge on any atom is 0.101 e. The summed E-state index contributed by atoms with van der Waals surface area (Å²) in [6.45, 7) is 0.785. The van der Waals surface area contributed by atoms with Gasteiger partial charge in [-0.05, 0) is 43.9 Å². The topological polar surface area (TPSA) is 45.0 Å². The maximum atomic E-state index is 9.13. The number of rotatable bonds is 3. The summed E-state index contributed by atoms with van der Waals surface area (Å²) in [5.74, 6) is 0. The lowest BCUT2D eigenvalue weighted by Crippen LogP contribution is -2.28. The summed E-state index contributed by atoms with van der Waals surface area (Å²) in [5, 5.41) is 12.5. The van der Waals surface area contributed by atoms with Gasteiger partial charge in [0.1, 0.15) is 6.07 Å². The minimum absolute atomic E-state index is 0.182. The third-order valence-electron chi connectivity index (χ3n) is 4.48. The molecule has 4 heteroatoms. The molecule has 1 aliphatic heterocycles. The molecule has 0 amide bonds. The molecule has 1 aliphatic carbocycles. The molecule has 2 fully saturated rings. The van der Waals surface area contributed by atoms with E-state index in [1.54, 1.807) is 0 Å². The Bertz CT molecular complexity index is 532. The van der Waals surface area contributed by atoms with Crippen molar-refractivity contribution in [3.8, 4) is 6.07 Å². The van der Waals surface area contributed by atoms with Gasteiger partial charge < -0.3 is 10.1 Å². The van der Waals surface area contributed by atoms with E-state index in [0.717, 1.165) is 23.1 Å². The van der Waals surface area contributed by atoms with Gasteiger partial charge in [0.15, 0.2) is 0 Å². The first-order chi connectivity index (χ1) is 9.71. The monoisotopic (exact) mass is 334 g/mol. The van der Waals surface area contributed by atoms with Crippen LogP contribution in [0.1, 0.15) is 44.1 Å². The van der Waals surface area contributed by atoms with Crippen LogP contribution in [0.2, 0.25) is 0 Å². The molecule has 1 N–H and O–H groups in total. The smallest absolute Gasteiger partial charge is 0.101 e. The fourth-order valence-corrected chi connectivity index (χ4v) is 3.77. The van der Waals surface area contributed by atoms with Crippen LogP contribution in [-0.4, -0.2) is 18.2 Å². The summed E-state index contributed by atoms with van der Waals surface area (Å²) >= 11 is 3.45. The molecule has 20 heavy (non-hydrogen) atoms. The molecule has 1 saturated heterocycles. The lowest BCUT2D eigenvalue weighted by atomic mass is 9.98. The summed E-state index contributed by atoms with van der Waals surface area (Å²) in [7, 11) is 0. The average Bonchev–Trinajstić information content (AvgIpc) is 3.07. The number of benzene rings is 1. The number of hydrogen-bond acceptors (Lipinski definition) is 3. The van der Waals surface area contributed by atoms with Crippen LogP contribution in [0.4, 0.5) is 5.69 Å². The first-order valence-electron chi connectivity index (χ1n) is 7.32. The van der Waals surface area contributed by atoms with Crippen molar-refractivity contribution in [3.63, 3.8) is 0 Å². The van der Waals surface area contributed by atoms with Gasteiger partial charge in [0.05, 0.1) is 23.0 Å². The first kappa shape index (κ1) is 13.9. The van der Waals surface area contributed by atoms with Gasteiger partial charge in [-0.25, -0.2) is 0 Å². The van der Waals surface area contributed by atoms with Gasteiger partial charge in [0.2, 0.25) is 0 Å². The highest BCUT2D eigenvalue weighted by Crippen LogP contribution is 2.43. The molecular weight excluding hydrogens is 316 g/mol. The van der Waals surface area contributed by atoms with Crippen molar-refractivity contribution >= 4 is 21.6 Å². The van der Waals surface area contributed by atoms with Crippen LogP contribution in [0.25, 0.3) is 0 Å². The zero-order chi connectivity index (χ0) is 14.0. The average molecular weight is 335 g/mol. The number of hydrogen-bond donors (Lipinski definition) is 1. The van der Waals surface area contributed by atoms with Crippen LogP contribution in [0.15, 0.2) is 22.7 Å². The molecule has 1 saturated carbocycles. The van der Waals surface area contributed by atoms with Gasteiger partial charge >= 0.3 is 0 Å². The summed E-state index contributed by atoms with van der Waals surface area (Å²) in [5.41, 5.74) is 1.75. The zero-order valence-corrected chi connectivity index (χ0v) is 13.1. The van der Waals surface area contributed by atoms with Crippen LogP contribution >= 0.6 is 15.9 Å². The predicted octanol–water partition coefficient (Wildman–Crippen LogP) is 4.22. The van der Waals surface area contributed by atoms with Crippen molar-refractivity contribution in [2.24, 2.45) is 0 Å². The van der Waals surface area contributed by atoms with E-state index in [2.05, 4.69) is 27.3 Å². The molecular formula is C16H19BrN2O. The SMILES string of the molecule is N#Cc1ccc(Br)cc1NCC1CCC2(CCCC2)O1. The molecule has 0 radical (unpaired) electrons. The molecule has 1 unspecified atom stereocenters. The van der Waals surface area contributed by atoms with Crippen LogP contribution in [0, 0.1) is 11.3 Å². The standard InChI is InChI=1S/C16H19BrN2O/c17-13-4-3-12(10-18)15(9-13)19-11-14-5-8-16(20-14)6-1-2-7-16/h3-4,9,14,19H,1-2,5-8,11H2. The van der Waals surface area contributed by atoms with Crippen LogP contribution in [0.3, 0.4) is 0 Å². The number of halogens is 1. The number of nitrogens with zero attached hydrogens (tertiary/aromatic N) is 1. The predicted molar refractivity (Wildman–Crippen MR) is 82.7 cm³/mol. The molecule has 0 bridgehead atoms.